The highest BCUT2D eigenvalue weighted by Crippen LogP contribution is 2.47. The van der Waals surface area contributed by atoms with Crippen molar-refractivity contribution in [3.8, 4) is 0 Å². The van der Waals surface area contributed by atoms with Crippen LogP contribution in [0.1, 0.15) is 53.4 Å². The van der Waals surface area contributed by atoms with E-state index in [1.54, 1.807) is 6.92 Å². The van der Waals surface area contributed by atoms with Gasteiger partial charge in [0.25, 0.3) is 0 Å². The van der Waals surface area contributed by atoms with Gasteiger partial charge in [-0.25, -0.2) is 16.8 Å². The number of carbonyl (C=O) groups is 1. The van der Waals surface area contributed by atoms with E-state index >= 15 is 0 Å². The zero-order chi connectivity index (χ0) is 32.4. The van der Waals surface area contributed by atoms with E-state index in [-0.39, 0.29) is 5.91 Å². The van der Waals surface area contributed by atoms with E-state index in [9.17, 15) is 65.5 Å². The van der Waals surface area contributed by atoms with Gasteiger partial charge in [-0.15, -0.1) is 0 Å². The molecule has 0 atom stereocenters. The van der Waals surface area contributed by atoms with E-state index in [1.807, 2.05) is 0 Å². The van der Waals surface area contributed by atoms with Gasteiger partial charge in [0.15, 0.2) is 20.0 Å². The van der Waals surface area contributed by atoms with Crippen LogP contribution in [0.5, 0.6) is 0 Å². The molecule has 0 rings (SSSR count). The predicted molar refractivity (Wildman–Crippen MR) is 126 cm³/mol. The fourth-order valence-electron chi connectivity index (χ4n) is 3.38. The molecule has 0 aliphatic carbocycles. The van der Waals surface area contributed by atoms with Crippen LogP contribution in [0.25, 0.3) is 4.13 Å². The molecular weight excluding hydrogens is 616 g/mol. The summed E-state index contributed by atoms with van der Waals surface area (Å²) < 4.78 is 162. The summed E-state index contributed by atoms with van der Waals surface area (Å²) in [4.78, 5) is 11.4. The smallest absolute Gasteiger partial charge is 0.425 e. The van der Waals surface area contributed by atoms with Gasteiger partial charge >= 0.3 is 22.9 Å². The van der Waals surface area contributed by atoms with E-state index in [0.29, 0.717) is 9.70 Å². The van der Waals surface area contributed by atoms with Gasteiger partial charge in [-0.2, -0.15) is 43.9 Å². The second-order valence-corrected chi connectivity index (χ2v) is 12.2. The zero-order valence-corrected chi connectivity index (χ0v) is 23.7. The average molecular weight is 650 g/mol. The normalized spacial score (nSPS) is 13.8. The average Bonchev–Trinajstić information content (AvgIpc) is 2.75. The van der Waals surface area contributed by atoms with E-state index in [1.165, 1.54) is 49.9 Å². The Morgan fingerprint density at radius 2 is 1.05 bits per heavy atom. The molecule has 40 heavy (non-hydrogen) atoms. The van der Waals surface area contributed by atoms with Crippen LogP contribution in [0.3, 0.4) is 0 Å². The summed E-state index contributed by atoms with van der Waals surface area (Å²) in [5.74, 6) is -0.0143. The van der Waals surface area contributed by atoms with Gasteiger partial charge in [0.1, 0.15) is 0 Å². The molecule has 1 amide bonds. The molecule has 0 aromatic carbocycles. The Hall–Kier alpha value is -1.67. The third-order valence-corrected chi connectivity index (χ3v) is 8.41. The highest BCUT2D eigenvalue weighted by molar-refractivity contribution is 8.13. The quantitative estimate of drug-likeness (QED) is 0.110. The number of rotatable bonds is 15. The summed E-state index contributed by atoms with van der Waals surface area (Å²) >= 11 is 0. The van der Waals surface area contributed by atoms with Crippen molar-refractivity contribution in [1.82, 2.24) is 5.32 Å². The lowest BCUT2D eigenvalue weighted by Gasteiger charge is -2.38. The Bertz CT molecular complexity index is 973. The van der Waals surface area contributed by atoms with Gasteiger partial charge in [0.2, 0.25) is 5.91 Å². The molecule has 0 aliphatic rings. The molecule has 0 aliphatic heterocycles. The molecule has 20 heteroatoms. The van der Waals surface area contributed by atoms with Crippen molar-refractivity contribution in [3.63, 3.8) is 0 Å². The van der Waals surface area contributed by atoms with Gasteiger partial charge in [0.05, 0.1) is 26.2 Å². The first-order chi connectivity index (χ1) is 17.7. The molecule has 0 bridgehead atoms. The van der Waals surface area contributed by atoms with Crippen LogP contribution in [0.15, 0.2) is 12.2 Å². The van der Waals surface area contributed by atoms with Gasteiger partial charge in [-0.3, -0.25) is 4.79 Å². The number of carbonyl (C=O) groups excluding carboxylic acids is 1. The number of hydrogen-bond acceptors (Lipinski definition) is 5. The topological polar surface area (TPSA) is 111 Å². The Balaban J connectivity index is 0. The zero-order valence-electron chi connectivity index (χ0n) is 22.1. The van der Waals surface area contributed by atoms with Crippen molar-refractivity contribution >= 4 is 26.0 Å². The minimum absolute atomic E-state index is 0.0143. The van der Waals surface area contributed by atoms with Crippen LogP contribution in [-0.2, 0) is 24.8 Å². The molecule has 0 saturated carbocycles. The lowest BCUT2D eigenvalue weighted by molar-refractivity contribution is -0.928. The maximum atomic E-state index is 12.3. The molecule has 0 unspecified atom stereocenters. The molecule has 8 nitrogen and oxygen atoms in total. The number of hydrogen-bond donors (Lipinski definition) is 1. The maximum Gasteiger partial charge on any atom is 0.467 e. The summed E-state index contributed by atoms with van der Waals surface area (Å²) in [7, 11) is -15.2. The van der Waals surface area contributed by atoms with E-state index in [2.05, 4.69) is 32.7 Å². The molecule has 240 valence electrons. The van der Waals surface area contributed by atoms with Gasteiger partial charge in [-0.05, 0) is 26.2 Å². The van der Waals surface area contributed by atoms with Crippen LogP contribution in [-0.4, -0.2) is 82.8 Å². The molecule has 0 aromatic rings. The maximum absolute atomic E-state index is 12.3. The number of amides is 1. The van der Waals surface area contributed by atoms with E-state index in [4.69, 9.17) is 0 Å². The van der Waals surface area contributed by atoms with Gasteiger partial charge in [-0.1, -0.05) is 27.4 Å². The lowest BCUT2D eigenvalue weighted by Crippen LogP contribution is -2.51. The van der Waals surface area contributed by atoms with Crippen molar-refractivity contribution in [1.29, 1.82) is 0 Å². The van der Waals surface area contributed by atoms with Gasteiger partial charge < -0.3 is 13.9 Å². The Labute approximate surface area is 226 Å². The van der Waals surface area contributed by atoms with Crippen molar-refractivity contribution in [2.75, 3.05) is 32.7 Å². The fourth-order valence-corrected chi connectivity index (χ4v) is 5.74. The summed E-state index contributed by atoms with van der Waals surface area (Å²) in [5, 5.41) is -11.1. The summed E-state index contributed by atoms with van der Waals surface area (Å²) in [6.07, 6.45) is -9.25. The second kappa shape index (κ2) is 15.0. The van der Waals surface area contributed by atoms with Crippen molar-refractivity contribution in [2.24, 2.45) is 0 Å². The minimum Gasteiger partial charge on any atom is -0.425 e. The third-order valence-electron chi connectivity index (χ3n) is 5.08. The largest absolute Gasteiger partial charge is 0.467 e. The number of nitrogens with one attached hydrogen (secondary N) is 1. The first-order valence-electron chi connectivity index (χ1n) is 11.6. The number of sulfonamides is 2. The molecule has 0 spiro atoms. The monoisotopic (exact) mass is 649 g/mol. The first-order valence-corrected chi connectivity index (χ1v) is 14.5. The van der Waals surface area contributed by atoms with Crippen LogP contribution in [0, 0.1) is 0 Å². The third kappa shape index (κ3) is 11.0. The molecule has 0 heterocycles. The van der Waals surface area contributed by atoms with E-state index in [0.717, 1.165) is 13.0 Å². The number of quaternary nitrogens is 1. The Morgan fingerprint density at radius 3 is 1.30 bits per heavy atom. The standard InChI is InChI=1S/C16H32N2O.C4F10NO4S2/c1-6-11-18(12-7-2,13-8-3)14-9-10-17-16(19)15(4)5;5-1(6,7)3(11,12)20(16,17)15-21(18,19)4(13,14)2(8,9)10/h4,6-14H2,1-3,5H3;/q;-1/p+1. The molecule has 1 N–H and O–H groups in total. The first kappa shape index (κ1) is 40.5. The Kier molecular flexibility index (Phi) is 15.2. The van der Waals surface area contributed by atoms with Gasteiger partial charge in [0, 0.05) is 18.5 Å². The molecule has 0 aromatic heterocycles. The van der Waals surface area contributed by atoms with E-state index < -0.39 is 42.9 Å². The van der Waals surface area contributed by atoms with Crippen LogP contribution in [0.2, 0.25) is 0 Å². The van der Waals surface area contributed by atoms with Crippen LogP contribution in [0.4, 0.5) is 43.9 Å². The summed E-state index contributed by atoms with van der Waals surface area (Å²) in [6.45, 7) is 17.9. The number of nitrogens with zero attached hydrogens (tertiary/aromatic N) is 2. The predicted octanol–water partition coefficient (Wildman–Crippen LogP) is 5.45. The summed E-state index contributed by atoms with van der Waals surface area (Å²) in [6, 6.07) is 0. The minimum atomic E-state index is -7.62. The number of alkyl halides is 10. The fraction of sp³-hybridized carbons (Fsp3) is 0.850. The van der Waals surface area contributed by atoms with Crippen LogP contribution >= 0.6 is 0 Å². The molecular formula is C20H33F10N3O5S2. The highest BCUT2D eigenvalue weighted by Gasteiger charge is 2.68. The Morgan fingerprint density at radius 1 is 0.725 bits per heavy atom. The summed E-state index contributed by atoms with van der Waals surface area (Å²) in [5.41, 5.74) is 0.594. The molecule has 0 radical (unpaired) electrons. The number of halogens is 10. The lowest BCUT2D eigenvalue weighted by atomic mass is 10.2. The second-order valence-electron chi connectivity index (χ2n) is 8.68. The molecule has 0 fully saturated rings. The van der Waals surface area contributed by atoms with Crippen molar-refractivity contribution < 1.29 is 70.0 Å². The van der Waals surface area contributed by atoms with Crippen LogP contribution < -0.4 is 5.32 Å². The van der Waals surface area contributed by atoms with Crippen molar-refractivity contribution in [2.45, 2.75) is 76.2 Å². The molecule has 0 saturated heterocycles. The SMILES string of the molecule is C=C(C)C(=O)NCCC[N+](CCC)(CCC)CCC.O=S(=O)([N-]S(=O)(=O)C(F)(F)C(F)(F)F)C(F)(F)C(F)(F)F. The van der Waals surface area contributed by atoms with Crippen molar-refractivity contribution in [3.05, 3.63) is 16.3 Å². The highest BCUT2D eigenvalue weighted by atomic mass is 32.3.